The fraction of sp³-hybridized carbons (Fsp3) is 0.769. The summed E-state index contributed by atoms with van der Waals surface area (Å²) in [4.78, 5) is 4.79. The van der Waals surface area contributed by atoms with Crippen LogP contribution in [-0.4, -0.2) is 11.8 Å². The van der Waals surface area contributed by atoms with Gasteiger partial charge in [0.1, 0.15) is 0 Å². The zero-order valence-corrected chi connectivity index (χ0v) is 9.91. The highest BCUT2D eigenvalue weighted by Gasteiger charge is 2.36. The van der Waals surface area contributed by atoms with Gasteiger partial charge in [-0.25, -0.2) is 0 Å². The molecule has 0 saturated carbocycles. The van der Waals surface area contributed by atoms with Crippen molar-refractivity contribution in [2.75, 3.05) is 0 Å². The first-order valence-electron chi connectivity index (χ1n) is 5.52. The summed E-state index contributed by atoms with van der Waals surface area (Å²) >= 11 is 0. The van der Waals surface area contributed by atoms with E-state index in [1.54, 1.807) is 0 Å². The lowest BCUT2D eigenvalue weighted by atomic mass is 9.82. The molecule has 0 aromatic carbocycles. The number of aliphatic imine (C=N–C) groups is 1. The minimum Gasteiger partial charge on any atom is -0.289 e. The molecule has 1 aliphatic heterocycles. The van der Waals surface area contributed by atoms with Crippen LogP contribution in [0.4, 0.5) is 0 Å². The van der Waals surface area contributed by atoms with Crippen molar-refractivity contribution in [2.24, 2.45) is 28.7 Å². The minimum absolute atomic E-state index is 0.312. The van der Waals surface area contributed by atoms with Crippen molar-refractivity contribution in [2.45, 2.75) is 40.7 Å². The lowest BCUT2D eigenvalue weighted by Gasteiger charge is -2.19. The first-order chi connectivity index (χ1) is 6.49. The van der Waals surface area contributed by atoms with Gasteiger partial charge in [0.2, 0.25) is 0 Å². The zero-order chi connectivity index (χ0) is 10.9. The van der Waals surface area contributed by atoms with E-state index < -0.39 is 0 Å². The van der Waals surface area contributed by atoms with E-state index in [9.17, 15) is 0 Å². The predicted octanol–water partition coefficient (Wildman–Crippen LogP) is 3.01. The quantitative estimate of drug-likeness (QED) is 0.595. The van der Waals surface area contributed by atoms with Gasteiger partial charge in [0, 0.05) is 11.6 Å². The molecule has 1 nitrogen and oxygen atoms in total. The molecule has 3 atom stereocenters. The van der Waals surface area contributed by atoms with Gasteiger partial charge in [-0.2, -0.15) is 0 Å². The lowest BCUT2D eigenvalue weighted by Crippen LogP contribution is -2.24. The summed E-state index contributed by atoms with van der Waals surface area (Å²) in [5, 5.41) is 0. The van der Waals surface area contributed by atoms with E-state index in [0.29, 0.717) is 29.7 Å². The van der Waals surface area contributed by atoms with Crippen LogP contribution >= 0.6 is 0 Å². The molecule has 0 bridgehead atoms. The normalized spacial score (nSPS) is 32.1. The van der Waals surface area contributed by atoms with Crippen LogP contribution < -0.4 is 0 Å². The maximum atomic E-state index is 5.59. The molecular formula is C13H21N. The summed E-state index contributed by atoms with van der Waals surface area (Å²) in [6, 6.07) is 0.340. The Kier molecular flexibility index (Phi) is 3.37. The van der Waals surface area contributed by atoms with E-state index in [-0.39, 0.29) is 0 Å². The number of hydrogen-bond acceptors (Lipinski definition) is 1. The highest BCUT2D eigenvalue weighted by Crippen LogP contribution is 2.33. The van der Waals surface area contributed by atoms with E-state index in [0.717, 1.165) is 0 Å². The smallest absolute Gasteiger partial charge is 0.0665 e. The molecule has 1 heterocycles. The average Bonchev–Trinajstić information content (AvgIpc) is 2.42. The van der Waals surface area contributed by atoms with Gasteiger partial charge in [-0.15, -0.1) is 12.3 Å². The van der Waals surface area contributed by atoms with Crippen LogP contribution in [0.15, 0.2) is 4.99 Å². The van der Waals surface area contributed by atoms with Crippen LogP contribution in [0.25, 0.3) is 0 Å². The maximum Gasteiger partial charge on any atom is 0.0665 e. The van der Waals surface area contributed by atoms with Gasteiger partial charge >= 0.3 is 0 Å². The van der Waals surface area contributed by atoms with E-state index >= 15 is 0 Å². The Balaban J connectivity index is 2.93. The van der Waals surface area contributed by atoms with Crippen molar-refractivity contribution in [3.63, 3.8) is 0 Å². The molecule has 0 aromatic rings. The van der Waals surface area contributed by atoms with Gasteiger partial charge in [-0.05, 0) is 11.8 Å². The van der Waals surface area contributed by atoms with Gasteiger partial charge in [0.15, 0.2) is 0 Å². The van der Waals surface area contributed by atoms with Crippen LogP contribution in [0.3, 0.4) is 0 Å². The summed E-state index contributed by atoms with van der Waals surface area (Å²) in [6.07, 6.45) is 5.59. The Bertz CT molecular complexity index is 267. The van der Waals surface area contributed by atoms with Crippen LogP contribution in [0.1, 0.15) is 34.6 Å². The van der Waals surface area contributed by atoms with Crippen molar-refractivity contribution in [1.29, 1.82) is 0 Å². The van der Waals surface area contributed by atoms with Gasteiger partial charge in [-0.1, -0.05) is 34.6 Å². The molecule has 3 unspecified atom stereocenters. The van der Waals surface area contributed by atoms with Gasteiger partial charge in [0.05, 0.1) is 12.0 Å². The van der Waals surface area contributed by atoms with Crippen molar-refractivity contribution in [1.82, 2.24) is 0 Å². The maximum absolute atomic E-state index is 5.59. The summed E-state index contributed by atoms with van der Waals surface area (Å²) < 4.78 is 0. The fourth-order valence-corrected chi connectivity index (χ4v) is 2.33. The van der Waals surface area contributed by atoms with E-state index in [4.69, 9.17) is 11.4 Å². The predicted molar refractivity (Wildman–Crippen MR) is 62.4 cm³/mol. The highest BCUT2D eigenvalue weighted by atomic mass is 14.9. The Morgan fingerprint density at radius 3 is 2.14 bits per heavy atom. The molecule has 0 saturated heterocycles. The Morgan fingerprint density at radius 2 is 1.86 bits per heavy atom. The standard InChI is InChI=1S/C13H21N/c1-7-11-10(6)12(8(2)3)14-13(11)9(4)5/h1,8-11,13H,2-6H3. The Labute approximate surface area is 88.0 Å². The number of rotatable bonds is 2. The molecule has 0 N–H and O–H groups in total. The second-order valence-electron chi connectivity index (χ2n) is 4.92. The van der Waals surface area contributed by atoms with Crippen LogP contribution in [0, 0.1) is 36.0 Å². The van der Waals surface area contributed by atoms with Crippen molar-refractivity contribution >= 4 is 5.71 Å². The summed E-state index contributed by atoms with van der Waals surface area (Å²) in [5.41, 5.74) is 1.31. The summed E-state index contributed by atoms with van der Waals surface area (Å²) in [5.74, 6) is 4.78. The van der Waals surface area contributed by atoms with Crippen molar-refractivity contribution in [3.05, 3.63) is 0 Å². The zero-order valence-electron chi connectivity index (χ0n) is 9.91. The number of terminal acetylenes is 1. The summed E-state index contributed by atoms with van der Waals surface area (Å²) in [7, 11) is 0. The topological polar surface area (TPSA) is 12.4 Å². The molecule has 0 aromatic heterocycles. The van der Waals surface area contributed by atoms with Crippen molar-refractivity contribution < 1.29 is 0 Å². The third-order valence-electron chi connectivity index (χ3n) is 3.14. The van der Waals surface area contributed by atoms with Gasteiger partial charge in [-0.3, -0.25) is 4.99 Å². The Morgan fingerprint density at radius 1 is 1.29 bits per heavy atom. The fourth-order valence-electron chi connectivity index (χ4n) is 2.33. The molecule has 1 rings (SSSR count). The average molecular weight is 191 g/mol. The highest BCUT2D eigenvalue weighted by molar-refractivity contribution is 5.90. The first kappa shape index (κ1) is 11.3. The second-order valence-corrected chi connectivity index (χ2v) is 4.92. The molecule has 0 aliphatic carbocycles. The molecule has 0 amide bonds. The molecule has 0 spiro atoms. The minimum atomic E-state index is 0.312. The molecule has 1 heteroatoms. The van der Waals surface area contributed by atoms with Crippen molar-refractivity contribution in [3.8, 4) is 12.3 Å². The third kappa shape index (κ3) is 1.85. The van der Waals surface area contributed by atoms with Crippen LogP contribution in [0.2, 0.25) is 0 Å². The molecule has 0 fully saturated rings. The third-order valence-corrected chi connectivity index (χ3v) is 3.14. The first-order valence-corrected chi connectivity index (χ1v) is 5.52. The SMILES string of the molecule is C#CC1C(C)C(C(C)C)=NC1C(C)C. The number of nitrogens with zero attached hydrogens (tertiary/aromatic N) is 1. The van der Waals surface area contributed by atoms with Crippen LogP contribution in [-0.2, 0) is 0 Å². The molecular weight excluding hydrogens is 170 g/mol. The van der Waals surface area contributed by atoms with Gasteiger partial charge < -0.3 is 0 Å². The molecule has 1 aliphatic rings. The number of hydrogen-bond donors (Lipinski definition) is 0. The molecule has 0 radical (unpaired) electrons. The second kappa shape index (κ2) is 4.17. The molecule has 78 valence electrons. The van der Waals surface area contributed by atoms with Crippen LogP contribution in [0.5, 0.6) is 0 Å². The van der Waals surface area contributed by atoms with Gasteiger partial charge in [0.25, 0.3) is 0 Å². The van der Waals surface area contributed by atoms with E-state index in [1.165, 1.54) is 5.71 Å². The summed E-state index contributed by atoms with van der Waals surface area (Å²) in [6.45, 7) is 11.0. The van der Waals surface area contributed by atoms with E-state index in [1.807, 2.05) is 0 Å². The largest absolute Gasteiger partial charge is 0.289 e. The van der Waals surface area contributed by atoms with E-state index in [2.05, 4.69) is 40.5 Å². The monoisotopic (exact) mass is 191 g/mol. The molecule has 14 heavy (non-hydrogen) atoms. The lowest BCUT2D eigenvalue weighted by molar-refractivity contribution is 0.396. The Hall–Kier alpha value is -0.770.